The molecule has 1 aromatic heterocycles. The van der Waals surface area contributed by atoms with Gasteiger partial charge in [0.15, 0.2) is 20.8 Å². The molecule has 1 N–H and O–H groups in total. The molecular weight excluding hydrogens is 414 g/mol. The Kier molecular flexibility index (Phi) is 5.20. The summed E-state index contributed by atoms with van der Waals surface area (Å²) in [5.74, 6) is -0.0559. The summed E-state index contributed by atoms with van der Waals surface area (Å²) < 4.78 is 29.3. The Morgan fingerprint density at radius 3 is 2.23 bits per heavy atom. The van der Waals surface area contributed by atoms with E-state index in [9.17, 15) is 18.0 Å². The minimum atomic E-state index is -3.33. The second-order valence-electron chi connectivity index (χ2n) is 7.18. The van der Waals surface area contributed by atoms with E-state index >= 15 is 0 Å². The summed E-state index contributed by atoms with van der Waals surface area (Å²) in [6.07, 6.45) is 1.12. The van der Waals surface area contributed by atoms with Crippen LogP contribution in [0.2, 0.25) is 0 Å². The van der Waals surface area contributed by atoms with Crippen molar-refractivity contribution in [3.05, 3.63) is 94.1 Å². The number of amides is 1. The van der Waals surface area contributed by atoms with Gasteiger partial charge in [-0.2, -0.15) is 0 Å². The van der Waals surface area contributed by atoms with Gasteiger partial charge >= 0.3 is 0 Å². The zero-order chi connectivity index (χ0) is 22.2. The van der Waals surface area contributed by atoms with Crippen molar-refractivity contribution in [1.29, 1.82) is 0 Å². The first kappa shape index (κ1) is 20.6. The van der Waals surface area contributed by atoms with Crippen LogP contribution in [0.1, 0.15) is 15.9 Å². The van der Waals surface area contributed by atoms with Crippen LogP contribution in [0, 0.1) is 6.92 Å². The van der Waals surface area contributed by atoms with Crippen molar-refractivity contribution in [2.75, 3.05) is 11.6 Å². The largest absolute Gasteiger partial charge is 0.455 e. The van der Waals surface area contributed by atoms with Gasteiger partial charge < -0.3 is 9.73 Å². The van der Waals surface area contributed by atoms with Crippen LogP contribution in [0.3, 0.4) is 0 Å². The predicted octanol–water partition coefficient (Wildman–Crippen LogP) is 4.42. The number of para-hydroxylation sites is 1. The molecule has 0 fully saturated rings. The van der Waals surface area contributed by atoms with Crippen molar-refractivity contribution >= 4 is 32.4 Å². The van der Waals surface area contributed by atoms with Crippen molar-refractivity contribution in [2.24, 2.45) is 0 Å². The smallest absolute Gasteiger partial charge is 0.259 e. The predicted molar refractivity (Wildman–Crippen MR) is 120 cm³/mol. The Morgan fingerprint density at radius 1 is 0.903 bits per heavy atom. The summed E-state index contributed by atoms with van der Waals surface area (Å²) >= 11 is 0. The van der Waals surface area contributed by atoms with Gasteiger partial charge in [0.05, 0.1) is 15.8 Å². The molecule has 0 aliphatic heterocycles. The fourth-order valence-corrected chi connectivity index (χ4v) is 3.97. The minimum absolute atomic E-state index is 0.157. The number of hydrogen-bond donors (Lipinski definition) is 1. The van der Waals surface area contributed by atoms with E-state index in [1.165, 1.54) is 24.3 Å². The summed E-state index contributed by atoms with van der Waals surface area (Å²) in [5.41, 5.74) is 1.83. The first-order chi connectivity index (χ1) is 14.8. The van der Waals surface area contributed by atoms with Gasteiger partial charge in [-0.3, -0.25) is 9.59 Å². The molecule has 1 amide bonds. The second-order valence-corrected chi connectivity index (χ2v) is 9.20. The number of carbonyl (C=O) groups excluding carboxylic acids is 1. The van der Waals surface area contributed by atoms with Gasteiger partial charge in [-0.15, -0.1) is 0 Å². The number of nitrogens with one attached hydrogen (secondary N) is 1. The lowest BCUT2D eigenvalue weighted by Gasteiger charge is -2.11. The molecule has 0 atom stereocenters. The van der Waals surface area contributed by atoms with Crippen molar-refractivity contribution in [1.82, 2.24) is 0 Å². The van der Waals surface area contributed by atoms with E-state index in [4.69, 9.17) is 4.42 Å². The fourth-order valence-electron chi connectivity index (χ4n) is 3.34. The third-order valence-electron chi connectivity index (χ3n) is 4.97. The van der Waals surface area contributed by atoms with Crippen LogP contribution < -0.4 is 10.7 Å². The molecule has 0 saturated carbocycles. The maximum atomic E-state index is 13.0. The first-order valence-electron chi connectivity index (χ1n) is 9.49. The van der Waals surface area contributed by atoms with Crippen LogP contribution in [0.25, 0.3) is 22.3 Å². The Bertz CT molecular complexity index is 1450. The average molecular weight is 433 g/mol. The topological polar surface area (TPSA) is 93.4 Å². The van der Waals surface area contributed by atoms with Crippen LogP contribution in [0.15, 0.2) is 86.9 Å². The van der Waals surface area contributed by atoms with E-state index in [0.29, 0.717) is 22.4 Å². The maximum absolute atomic E-state index is 13.0. The molecule has 0 radical (unpaired) electrons. The molecule has 3 aromatic carbocycles. The Hall–Kier alpha value is -3.71. The third kappa shape index (κ3) is 4.00. The van der Waals surface area contributed by atoms with Crippen LogP contribution in [-0.2, 0) is 9.84 Å². The number of benzene rings is 3. The summed E-state index contributed by atoms with van der Waals surface area (Å²) in [6.45, 7) is 1.70. The van der Waals surface area contributed by atoms with E-state index in [0.717, 1.165) is 11.8 Å². The molecule has 4 aromatic rings. The SMILES string of the molecule is Cc1c(-c2ccccc2)oc2c(C(=O)Nc3ccc(S(C)(=O)=O)cc3)cccc2c1=O. The molecule has 0 unspecified atom stereocenters. The van der Waals surface area contributed by atoms with Crippen LogP contribution >= 0.6 is 0 Å². The standard InChI is InChI=1S/C24H19NO5S/c1-15-21(26)19-9-6-10-20(23(19)30-22(15)16-7-4-3-5-8-16)24(27)25-17-11-13-18(14-12-17)31(2,28)29/h3-14H,1-2H3,(H,25,27). The van der Waals surface area contributed by atoms with Crippen molar-refractivity contribution in [2.45, 2.75) is 11.8 Å². The van der Waals surface area contributed by atoms with Gasteiger partial charge in [-0.25, -0.2) is 8.42 Å². The van der Waals surface area contributed by atoms with Gasteiger partial charge in [-0.1, -0.05) is 36.4 Å². The number of fused-ring (bicyclic) bond motifs is 1. The van der Waals surface area contributed by atoms with E-state index in [2.05, 4.69) is 5.32 Å². The van der Waals surface area contributed by atoms with Crippen LogP contribution in [-0.4, -0.2) is 20.6 Å². The minimum Gasteiger partial charge on any atom is -0.455 e. The third-order valence-corrected chi connectivity index (χ3v) is 6.09. The van der Waals surface area contributed by atoms with E-state index in [-0.39, 0.29) is 21.5 Å². The molecule has 6 nitrogen and oxygen atoms in total. The number of anilines is 1. The Morgan fingerprint density at radius 2 is 1.58 bits per heavy atom. The average Bonchev–Trinajstić information content (AvgIpc) is 2.76. The van der Waals surface area contributed by atoms with Gasteiger partial charge in [0.1, 0.15) is 5.76 Å². The molecule has 4 rings (SSSR count). The molecule has 31 heavy (non-hydrogen) atoms. The summed E-state index contributed by atoms with van der Waals surface area (Å²) in [5, 5.41) is 3.04. The van der Waals surface area contributed by atoms with Gasteiger partial charge in [-0.05, 0) is 43.3 Å². The maximum Gasteiger partial charge on any atom is 0.259 e. The van der Waals surface area contributed by atoms with Crippen LogP contribution in [0.5, 0.6) is 0 Å². The Labute approximate surface area is 179 Å². The summed E-state index contributed by atoms with van der Waals surface area (Å²) in [7, 11) is -3.33. The normalized spacial score (nSPS) is 11.4. The molecule has 0 spiro atoms. The van der Waals surface area contributed by atoms with Crippen molar-refractivity contribution in [3.63, 3.8) is 0 Å². The zero-order valence-electron chi connectivity index (χ0n) is 16.9. The molecule has 7 heteroatoms. The first-order valence-corrected chi connectivity index (χ1v) is 11.4. The van der Waals surface area contributed by atoms with E-state index in [1.54, 1.807) is 25.1 Å². The van der Waals surface area contributed by atoms with E-state index in [1.807, 2.05) is 30.3 Å². The van der Waals surface area contributed by atoms with Gasteiger partial charge in [0.2, 0.25) is 0 Å². The lowest BCUT2D eigenvalue weighted by Crippen LogP contribution is -2.15. The highest BCUT2D eigenvalue weighted by Gasteiger charge is 2.18. The Balaban J connectivity index is 1.78. The monoisotopic (exact) mass is 433 g/mol. The molecule has 0 aliphatic rings. The molecule has 1 heterocycles. The van der Waals surface area contributed by atoms with Gasteiger partial charge in [0.25, 0.3) is 5.91 Å². The molecule has 156 valence electrons. The van der Waals surface area contributed by atoms with Crippen molar-refractivity contribution < 1.29 is 17.6 Å². The molecule has 0 bridgehead atoms. The summed E-state index contributed by atoms with van der Waals surface area (Å²) in [4.78, 5) is 26.1. The lowest BCUT2D eigenvalue weighted by atomic mass is 10.0. The van der Waals surface area contributed by atoms with Crippen molar-refractivity contribution in [3.8, 4) is 11.3 Å². The molecule has 0 saturated heterocycles. The zero-order valence-corrected chi connectivity index (χ0v) is 17.7. The number of rotatable bonds is 4. The molecule has 0 aliphatic carbocycles. The highest BCUT2D eigenvalue weighted by molar-refractivity contribution is 7.90. The number of sulfone groups is 1. The highest BCUT2D eigenvalue weighted by atomic mass is 32.2. The van der Waals surface area contributed by atoms with Gasteiger partial charge in [0, 0.05) is 23.1 Å². The van der Waals surface area contributed by atoms with E-state index < -0.39 is 15.7 Å². The van der Waals surface area contributed by atoms with Crippen LogP contribution in [0.4, 0.5) is 5.69 Å². The quantitative estimate of drug-likeness (QED) is 0.514. The lowest BCUT2D eigenvalue weighted by molar-refractivity contribution is 0.102. The highest BCUT2D eigenvalue weighted by Crippen LogP contribution is 2.27. The molecular formula is C24H19NO5S. The number of carbonyl (C=O) groups is 1. The second kappa shape index (κ2) is 7.85. The summed E-state index contributed by atoms with van der Waals surface area (Å²) in [6, 6.07) is 19.9. The number of hydrogen-bond acceptors (Lipinski definition) is 5. The fraction of sp³-hybridized carbons (Fsp3) is 0.0833.